The summed E-state index contributed by atoms with van der Waals surface area (Å²) >= 11 is 0. The molecular formula is C75H75N13O6. The Bertz CT molecular complexity index is 4400. The van der Waals surface area contributed by atoms with Gasteiger partial charge in [-0.1, -0.05) is 78.9 Å². The number of H-pyrrole nitrogens is 3. The molecule has 0 atom stereocenters. The summed E-state index contributed by atoms with van der Waals surface area (Å²) in [7, 11) is 0. The largest absolute Gasteiger partial charge is 0.478 e. The third-order valence-electron chi connectivity index (χ3n) is 18.0. The van der Waals surface area contributed by atoms with Crippen molar-refractivity contribution in [3.8, 4) is 56.4 Å². The number of carbonyl (C=O) groups excluding carboxylic acids is 2. The first kappa shape index (κ1) is 62.4. The van der Waals surface area contributed by atoms with Crippen molar-refractivity contribution in [1.29, 1.82) is 0 Å². The Labute approximate surface area is 544 Å². The minimum atomic E-state index is -0.960. The molecule has 0 saturated carbocycles. The van der Waals surface area contributed by atoms with Gasteiger partial charge < -0.3 is 56.2 Å². The van der Waals surface area contributed by atoms with Crippen LogP contribution >= 0.6 is 0 Å². The molecule has 0 unspecified atom stereocenters. The third-order valence-corrected chi connectivity index (χ3v) is 18.0. The summed E-state index contributed by atoms with van der Waals surface area (Å²) in [5.41, 5.74) is 23.2. The number of aromatic carboxylic acids is 2. The number of nitrogens with zero attached hydrogens (tertiary/aromatic N) is 7. The number of imidazole rings is 3. The van der Waals surface area contributed by atoms with Gasteiger partial charge in [-0.3, -0.25) is 14.6 Å². The zero-order chi connectivity index (χ0) is 64.5. The maximum absolute atomic E-state index is 12.7. The normalized spacial score (nSPS) is 14.8. The van der Waals surface area contributed by atoms with E-state index < -0.39 is 11.9 Å². The van der Waals surface area contributed by atoms with Gasteiger partial charge in [-0.25, -0.2) is 24.5 Å². The van der Waals surface area contributed by atoms with E-state index in [0.717, 1.165) is 159 Å². The van der Waals surface area contributed by atoms with Crippen molar-refractivity contribution >= 4 is 68.3 Å². The quantitative estimate of drug-likeness (QED) is 0.0398. The van der Waals surface area contributed by atoms with Crippen LogP contribution in [-0.4, -0.2) is 163 Å². The second-order valence-corrected chi connectivity index (χ2v) is 24.4. The number of nitrogens with two attached hydrogens (primary N) is 1. The van der Waals surface area contributed by atoms with Crippen LogP contribution in [0.15, 0.2) is 175 Å². The number of hydrogen-bond donors (Lipinski definition) is 8. The Morgan fingerprint density at radius 3 is 1.11 bits per heavy atom. The van der Waals surface area contributed by atoms with Crippen LogP contribution in [0.25, 0.3) is 89.5 Å². The zero-order valence-corrected chi connectivity index (χ0v) is 52.3. The molecule has 94 heavy (non-hydrogen) atoms. The van der Waals surface area contributed by atoms with Crippen molar-refractivity contribution < 1.29 is 29.4 Å². The number of benzene rings is 8. The highest BCUT2D eigenvalue weighted by Crippen LogP contribution is 2.36. The molecule has 476 valence electrons. The molecule has 3 saturated heterocycles. The van der Waals surface area contributed by atoms with Crippen molar-refractivity contribution in [2.45, 2.75) is 44.9 Å². The van der Waals surface area contributed by atoms with Crippen LogP contribution in [0.3, 0.4) is 0 Å². The third kappa shape index (κ3) is 14.7. The van der Waals surface area contributed by atoms with Crippen LogP contribution in [0.1, 0.15) is 91.1 Å². The van der Waals surface area contributed by atoms with Crippen molar-refractivity contribution in [3.05, 3.63) is 203 Å². The standard InChI is InChI=1S/C40H42N8O2.C29H19N3O4.C6H14N2/c49-39(41-17-23-47-19-1-2-20-47)29-9-5-27(6-10-29)37-43-33-15-13-31(25-35(33)45-37)32-14-16-34-36(26-32)46-38(44-34)28-7-11-30(12-8-28)40(50)42-18-24-48-21-3-4-22-48;33-28(34)18-5-1-16(2-6-18)24-15-22-10-9-20(13-25(22)30-24)21-11-12-23-26(14-21)32-27(31-23)17-3-7-19(8-4-17)29(35)36;7-3-6-8-4-1-2-5-8/h5-16,25-26H,1-4,17-24H2,(H,41,49)(H,42,50)(H,43,45)(H,44,46);1-14H,15H2,(H,31,32)(H,33,34)(H,35,36);1-7H2. The number of likely N-dealkylation sites (tertiary alicyclic amines) is 3. The molecule has 2 amide bonds. The van der Waals surface area contributed by atoms with Crippen molar-refractivity contribution in [2.24, 2.45) is 10.7 Å². The molecule has 19 heteroatoms. The number of aromatic nitrogens is 6. The van der Waals surface area contributed by atoms with E-state index in [9.17, 15) is 19.2 Å². The molecule has 0 radical (unpaired) electrons. The molecule has 7 heterocycles. The lowest BCUT2D eigenvalue weighted by molar-refractivity contribution is 0.0686. The summed E-state index contributed by atoms with van der Waals surface area (Å²) in [5.74, 6) is 0.198. The smallest absolute Gasteiger partial charge is 0.335 e. The van der Waals surface area contributed by atoms with Crippen LogP contribution in [0.2, 0.25) is 0 Å². The van der Waals surface area contributed by atoms with E-state index in [0.29, 0.717) is 36.5 Å². The fourth-order valence-corrected chi connectivity index (χ4v) is 12.7. The van der Waals surface area contributed by atoms with Gasteiger partial charge in [0.2, 0.25) is 0 Å². The van der Waals surface area contributed by atoms with Gasteiger partial charge in [0.25, 0.3) is 11.8 Å². The predicted molar refractivity (Wildman–Crippen MR) is 370 cm³/mol. The van der Waals surface area contributed by atoms with Gasteiger partial charge >= 0.3 is 11.9 Å². The van der Waals surface area contributed by atoms with E-state index in [4.69, 9.17) is 30.9 Å². The molecule has 4 aliphatic heterocycles. The average Bonchev–Trinajstić information content (AvgIpc) is 1.69. The number of aromatic amines is 3. The molecular weight excluding hydrogens is 1180 g/mol. The van der Waals surface area contributed by atoms with Crippen molar-refractivity contribution in [1.82, 2.24) is 55.2 Å². The van der Waals surface area contributed by atoms with Gasteiger partial charge in [-0.15, -0.1) is 0 Å². The molecule has 11 aromatic rings. The highest BCUT2D eigenvalue weighted by Gasteiger charge is 2.20. The van der Waals surface area contributed by atoms with E-state index in [-0.39, 0.29) is 22.9 Å². The summed E-state index contributed by atoms with van der Waals surface area (Å²) < 4.78 is 0. The number of carboxylic acid groups (broad SMARTS) is 2. The molecule has 0 aliphatic carbocycles. The van der Waals surface area contributed by atoms with E-state index in [2.05, 4.69) is 87.7 Å². The SMILES string of the molecule is NCCN1CCCC1.O=C(NCCN1CCCC1)c1ccc(-c2nc3ccc(-c4ccc5nc(-c6ccc(C(=O)NCCN7CCCC7)cc6)[nH]c5c4)cc3[nH]2)cc1.O=C(O)c1ccc(C2=Nc3cc(-c4ccc5nc(-c6ccc(C(=O)O)cc6)[nH]c5c4)ccc3C2)cc1. The van der Waals surface area contributed by atoms with Crippen LogP contribution in [0.4, 0.5) is 5.69 Å². The lowest BCUT2D eigenvalue weighted by Gasteiger charge is -2.14. The maximum Gasteiger partial charge on any atom is 0.335 e. The van der Waals surface area contributed by atoms with E-state index >= 15 is 0 Å². The Morgan fingerprint density at radius 2 is 0.734 bits per heavy atom. The zero-order valence-electron chi connectivity index (χ0n) is 52.3. The Hall–Kier alpha value is -10.4. The summed E-state index contributed by atoms with van der Waals surface area (Å²) in [6, 6.07) is 53.3. The summed E-state index contributed by atoms with van der Waals surface area (Å²) in [6.07, 6.45) is 8.45. The number of aliphatic imine (C=N–C) groups is 1. The van der Waals surface area contributed by atoms with Crippen molar-refractivity contribution in [2.75, 3.05) is 78.5 Å². The minimum absolute atomic E-state index is 0.0489. The van der Waals surface area contributed by atoms with Crippen LogP contribution in [0, 0.1) is 0 Å². The molecule has 19 nitrogen and oxygen atoms in total. The topological polar surface area (TPSA) is 267 Å². The van der Waals surface area contributed by atoms with Crippen LogP contribution in [0.5, 0.6) is 0 Å². The van der Waals surface area contributed by atoms with Gasteiger partial charge in [-0.2, -0.15) is 0 Å². The Morgan fingerprint density at radius 1 is 0.404 bits per heavy atom. The number of amides is 2. The van der Waals surface area contributed by atoms with Gasteiger partial charge in [-0.05, 0) is 202 Å². The number of rotatable bonds is 18. The van der Waals surface area contributed by atoms with Gasteiger partial charge in [0.15, 0.2) is 0 Å². The fourth-order valence-electron chi connectivity index (χ4n) is 12.7. The maximum atomic E-state index is 12.7. The molecule has 0 bridgehead atoms. The van der Waals surface area contributed by atoms with Gasteiger partial charge in [0, 0.05) is 73.5 Å². The molecule has 15 rings (SSSR count). The average molecular weight is 1250 g/mol. The highest BCUT2D eigenvalue weighted by molar-refractivity contribution is 6.07. The Kier molecular flexibility index (Phi) is 19.0. The molecule has 9 N–H and O–H groups in total. The molecule has 3 aromatic heterocycles. The monoisotopic (exact) mass is 1250 g/mol. The second kappa shape index (κ2) is 28.6. The highest BCUT2D eigenvalue weighted by atomic mass is 16.4. The first-order valence-electron chi connectivity index (χ1n) is 32.5. The van der Waals surface area contributed by atoms with Crippen LogP contribution < -0.4 is 16.4 Å². The predicted octanol–water partition coefficient (Wildman–Crippen LogP) is 12.1. The second-order valence-electron chi connectivity index (χ2n) is 24.4. The number of carboxylic acids is 2. The Balaban J connectivity index is 0.000000159. The molecule has 0 spiro atoms. The molecule has 4 aliphatic rings. The van der Waals surface area contributed by atoms with Gasteiger partial charge in [0.05, 0.1) is 55.6 Å². The number of fused-ring (bicyclic) bond motifs is 4. The van der Waals surface area contributed by atoms with E-state index in [1.54, 1.807) is 48.5 Å². The number of carbonyl (C=O) groups is 4. The van der Waals surface area contributed by atoms with Crippen LogP contribution in [-0.2, 0) is 6.42 Å². The minimum Gasteiger partial charge on any atom is -0.478 e. The number of nitrogens with one attached hydrogen (secondary N) is 5. The number of hydrogen-bond acceptors (Lipinski definition) is 12. The molecule has 8 aromatic carbocycles. The fraction of sp³-hybridized carbons (Fsp3) is 0.253. The molecule has 3 fully saturated rings. The summed E-state index contributed by atoms with van der Waals surface area (Å²) in [6.45, 7) is 12.1. The van der Waals surface area contributed by atoms with E-state index in [1.165, 1.54) is 51.6 Å². The first-order valence-corrected chi connectivity index (χ1v) is 32.5. The first-order chi connectivity index (χ1) is 45.9. The summed E-state index contributed by atoms with van der Waals surface area (Å²) in [5, 5.41) is 24.3. The summed E-state index contributed by atoms with van der Waals surface area (Å²) in [4.78, 5) is 84.1. The van der Waals surface area contributed by atoms with E-state index in [1.807, 2.05) is 78.9 Å². The van der Waals surface area contributed by atoms with Gasteiger partial charge in [0.1, 0.15) is 17.5 Å². The lowest BCUT2D eigenvalue weighted by Crippen LogP contribution is -2.33. The van der Waals surface area contributed by atoms with Crippen molar-refractivity contribution in [3.63, 3.8) is 0 Å². The lowest BCUT2D eigenvalue weighted by atomic mass is 9.99.